The molecule has 1 heterocycles. The van der Waals surface area contributed by atoms with Crippen LogP contribution in [0.25, 0.3) is 0 Å². The summed E-state index contributed by atoms with van der Waals surface area (Å²) in [5.41, 5.74) is 2.16. The molecule has 1 aliphatic carbocycles. The van der Waals surface area contributed by atoms with E-state index in [2.05, 4.69) is 28.6 Å². The Labute approximate surface area is 115 Å². The number of aliphatic hydroxyl groups excluding tert-OH is 1. The maximum atomic E-state index is 9.60. The maximum absolute atomic E-state index is 9.60. The first kappa shape index (κ1) is 14.1. The third-order valence-electron chi connectivity index (χ3n) is 3.98. The first-order chi connectivity index (χ1) is 9.28. The molecule has 0 spiro atoms. The first-order valence-electron chi connectivity index (χ1n) is 7.32. The van der Waals surface area contributed by atoms with Gasteiger partial charge in [-0.1, -0.05) is 19.8 Å². The number of nitrogens with one attached hydrogen (secondary N) is 2. The van der Waals surface area contributed by atoms with Crippen molar-refractivity contribution < 1.29 is 5.11 Å². The van der Waals surface area contributed by atoms with E-state index in [0.717, 1.165) is 43.7 Å². The number of aromatic nitrogens is 1. The number of aliphatic hydroxyl groups is 1. The van der Waals surface area contributed by atoms with Crippen LogP contribution in [0, 0.1) is 5.41 Å². The molecule has 0 unspecified atom stereocenters. The van der Waals surface area contributed by atoms with Crippen LogP contribution in [-0.2, 0) is 0 Å². The predicted molar refractivity (Wildman–Crippen MR) is 79.5 cm³/mol. The fourth-order valence-electron chi connectivity index (χ4n) is 2.71. The zero-order valence-electron chi connectivity index (χ0n) is 11.8. The van der Waals surface area contributed by atoms with E-state index in [4.69, 9.17) is 0 Å². The standard InChI is InChI=1S/C15H25N3O/c1-2-7-17-13-8-14(10-16-9-13)18-11-15(12-19)5-3-4-6-15/h8-10,17-19H,2-7,11-12H2,1H3. The van der Waals surface area contributed by atoms with Gasteiger partial charge in [-0.25, -0.2) is 0 Å². The van der Waals surface area contributed by atoms with Crippen molar-refractivity contribution in [2.45, 2.75) is 39.0 Å². The average molecular weight is 263 g/mol. The van der Waals surface area contributed by atoms with Crippen molar-refractivity contribution in [3.8, 4) is 0 Å². The van der Waals surface area contributed by atoms with Gasteiger partial charge in [-0.15, -0.1) is 0 Å². The molecule has 2 rings (SSSR count). The molecule has 0 saturated heterocycles. The number of nitrogens with zero attached hydrogens (tertiary/aromatic N) is 1. The van der Waals surface area contributed by atoms with Gasteiger partial charge in [-0.05, 0) is 25.3 Å². The Kier molecular flexibility index (Phi) is 5.02. The van der Waals surface area contributed by atoms with E-state index in [1.807, 2.05) is 12.4 Å². The molecule has 0 atom stereocenters. The molecule has 4 nitrogen and oxygen atoms in total. The second-order valence-electron chi connectivity index (χ2n) is 5.61. The normalized spacial score (nSPS) is 17.4. The Morgan fingerprint density at radius 3 is 2.53 bits per heavy atom. The molecule has 0 aliphatic heterocycles. The minimum atomic E-state index is 0.0762. The Bertz CT molecular complexity index is 389. The highest BCUT2D eigenvalue weighted by molar-refractivity contribution is 5.54. The van der Waals surface area contributed by atoms with Crippen LogP contribution in [0.15, 0.2) is 18.5 Å². The van der Waals surface area contributed by atoms with Crippen molar-refractivity contribution in [2.75, 3.05) is 30.3 Å². The molecule has 4 heteroatoms. The average Bonchev–Trinajstić information content (AvgIpc) is 2.93. The van der Waals surface area contributed by atoms with E-state index in [1.165, 1.54) is 12.8 Å². The lowest BCUT2D eigenvalue weighted by atomic mass is 9.87. The lowest BCUT2D eigenvalue weighted by molar-refractivity contribution is 0.142. The van der Waals surface area contributed by atoms with Gasteiger partial charge in [0, 0.05) is 18.5 Å². The third-order valence-corrected chi connectivity index (χ3v) is 3.98. The summed E-state index contributed by atoms with van der Waals surface area (Å²) in [4.78, 5) is 4.24. The van der Waals surface area contributed by atoms with Crippen LogP contribution in [0.2, 0.25) is 0 Å². The summed E-state index contributed by atoms with van der Waals surface area (Å²) in [6, 6.07) is 2.09. The second-order valence-corrected chi connectivity index (χ2v) is 5.61. The quantitative estimate of drug-likeness (QED) is 0.708. The Balaban J connectivity index is 1.91. The van der Waals surface area contributed by atoms with Gasteiger partial charge in [0.1, 0.15) is 0 Å². The molecular weight excluding hydrogens is 238 g/mol. The molecule has 1 aromatic rings. The molecule has 1 saturated carbocycles. The molecule has 0 amide bonds. The van der Waals surface area contributed by atoms with Crippen LogP contribution in [0.1, 0.15) is 39.0 Å². The molecule has 0 radical (unpaired) electrons. The fourth-order valence-corrected chi connectivity index (χ4v) is 2.71. The van der Waals surface area contributed by atoms with Crippen LogP contribution in [0.5, 0.6) is 0 Å². The van der Waals surface area contributed by atoms with Gasteiger partial charge < -0.3 is 15.7 Å². The van der Waals surface area contributed by atoms with Crippen molar-refractivity contribution >= 4 is 11.4 Å². The molecule has 1 fully saturated rings. The molecule has 19 heavy (non-hydrogen) atoms. The summed E-state index contributed by atoms with van der Waals surface area (Å²) in [6.45, 7) is 4.23. The van der Waals surface area contributed by atoms with Gasteiger partial charge in [0.25, 0.3) is 0 Å². The number of hydrogen-bond acceptors (Lipinski definition) is 4. The van der Waals surface area contributed by atoms with Gasteiger partial charge in [0.15, 0.2) is 0 Å². The lowest BCUT2D eigenvalue weighted by Gasteiger charge is -2.27. The SMILES string of the molecule is CCCNc1cncc(NCC2(CO)CCCC2)c1. The van der Waals surface area contributed by atoms with E-state index in [-0.39, 0.29) is 12.0 Å². The van der Waals surface area contributed by atoms with Crippen LogP contribution in [0.4, 0.5) is 11.4 Å². The molecule has 0 aromatic carbocycles. The van der Waals surface area contributed by atoms with E-state index >= 15 is 0 Å². The van der Waals surface area contributed by atoms with E-state index in [0.29, 0.717) is 0 Å². The topological polar surface area (TPSA) is 57.2 Å². The Hall–Kier alpha value is -1.29. The Morgan fingerprint density at radius 1 is 1.21 bits per heavy atom. The molecule has 106 valence electrons. The zero-order valence-corrected chi connectivity index (χ0v) is 11.8. The number of pyridine rings is 1. The van der Waals surface area contributed by atoms with Crippen molar-refractivity contribution in [1.29, 1.82) is 0 Å². The summed E-state index contributed by atoms with van der Waals surface area (Å²) in [6.07, 6.45) is 9.51. The smallest absolute Gasteiger partial charge is 0.0547 e. The van der Waals surface area contributed by atoms with Gasteiger partial charge in [0.2, 0.25) is 0 Å². The largest absolute Gasteiger partial charge is 0.396 e. The van der Waals surface area contributed by atoms with E-state index < -0.39 is 0 Å². The molecule has 1 aromatic heterocycles. The number of rotatable bonds is 7. The van der Waals surface area contributed by atoms with Crippen LogP contribution < -0.4 is 10.6 Å². The molecular formula is C15H25N3O. The van der Waals surface area contributed by atoms with Crippen molar-refractivity contribution in [3.05, 3.63) is 18.5 Å². The van der Waals surface area contributed by atoms with Gasteiger partial charge in [-0.3, -0.25) is 4.98 Å². The van der Waals surface area contributed by atoms with Crippen molar-refractivity contribution in [3.63, 3.8) is 0 Å². The highest BCUT2D eigenvalue weighted by atomic mass is 16.3. The minimum Gasteiger partial charge on any atom is -0.396 e. The zero-order chi connectivity index (χ0) is 13.6. The predicted octanol–water partition coefficient (Wildman–Crippen LogP) is 2.87. The third kappa shape index (κ3) is 3.83. The highest BCUT2D eigenvalue weighted by Crippen LogP contribution is 2.37. The minimum absolute atomic E-state index is 0.0762. The first-order valence-corrected chi connectivity index (χ1v) is 7.32. The van der Waals surface area contributed by atoms with Crippen molar-refractivity contribution in [1.82, 2.24) is 4.98 Å². The van der Waals surface area contributed by atoms with E-state index in [9.17, 15) is 5.11 Å². The van der Waals surface area contributed by atoms with E-state index in [1.54, 1.807) is 0 Å². The second kappa shape index (κ2) is 6.75. The monoisotopic (exact) mass is 263 g/mol. The molecule has 1 aliphatic rings. The summed E-state index contributed by atoms with van der Waals surface area (Å²) in [7, 11) is 0. The van der Waals surface area contributed by atoms with Gasteiger partial charge >= 0.3 is 0 Å². The number of anilines is 2. The van der Waals surface area contributed by atoms with Gasteiger partial charge in [0.05, 0.1) is 30.4 Å². The Morgan fingerprint density at radius 2 is 1.89 bits per heavy atom. The van der Waals surface area contributed by atoms with Gasteiger partial charge in [-0.2, -0.15) is 0 Å². The van der Waals surface area contributed by atoms with Crippen LogP contribution >= 0.6 is 0 Å². The summed E-state index contributed by atoms with van der Waals surface area (Å²) in [5, 5.41) is 16.4. The number of hydrogen-bond donors (Lipinski definition) is 3. The summed E-state index contributed by atoms with van der Waals surface area (Å²) < 4.78 is 0. The van der Waals surface area contributed by atoms with Crippen LogP contribution in [-0.4, -0.2) is 29.8 Å². The summed E-state index contributed by atoms with van der Waals surface area (Å²) in [5.74, 6) is 0. The maximum Gasteiger partial charge on any atom is 0.0547 e. The summed E-state index contributed by atoms with van der Waals surface area (Å²) >= 11 is 0. The molecule has 0 bridgehead atoms. The van der Waals surface area contributed by atoms with Crippen molar-refractivity contribution in [2.24, 2.45) is 5.41 Å². The fraction of sp³-hybridized carbons (Fsp3) is 0.667. The molecule has 3 N–H and O–H groups in total. The lowest BCUT2D eigenvalue weighted by Crippen LogP contribution is -2.30. The van der Waals surface area contributed by atoms with Crippen LogP contribution in [0.3, 0.4) is 0 Å². The highest BCUT2D eigenvalue weighted by Gasteiger charge is 2.32.